The second kappa shape index (κ2) is 5.58. The van der Waals surface area contributed by atoms with Crippen molar-refractivity contribution in [3.63, 3.8) is 0 Å². The number of aliphatic imine (C=N–C) groups is 1. The summed E-state index contributed by atoms with van der Waals surface area (Å²) in [7, 11) is 0. The molecule has 2 rings (SSSR count). The molecule has 0 aliphatic carbocycles. The molecule has 0 aromatic rings. The van der Waals surface area contributed by atoms with Crippen molar-refractivity contribution in [1.82, 2.24) is 4.90 Å². The van der Waals surface area contributed by atoms with Crippen molar-refractivity contribution in [3.05, 3.63) is 11.3 Å². The molecule has 1 saturated heterocycles. The molecule has 0 aromatic carbocycles. The van der Waals surface area contributed by atoms with Crippen LogP contribution >= 0.6 is 12.6 Å². The molecular weight excluding hydrogens is 288 g/mol. The third-order valence-electron chi connectivity index (χ3n) is 4.84. The van der Waals surface area contributed by atoms with Crippen molar-refractivity contribution in [2.24, 2.45) is 21.2 Å². The highest BCUT2D eigenvalue weighted by atomic mass is 32.1. The molecular formula is C19H34N2S. The first-order valence-electron chi connectivity index (χ1n) is 8.60. The Morgan fingerprint density at radius 1 is 1.09 bits per heavy atom. The van der Waals surface area contributed by atoms with Crippen LogP contribution < -0.4 is 0 Å². The van der Waals surface area contributed by atoms with Gasteiger partial charge in [0.1, 0.15) is 5.84 Å². The quantitative estimate of drug-likeness (QED) is 0.694. The van der Waals surface area contributed by atoms with Crippen LogP contribution in [0.4, 0.5) is 0 Å². The fraction of sp³-hybridized carbons (Fsp3) is 0.842. The molecule has 1 fully saturated rings. The molecule has 22 heavy (non-hydrogen) atoms. The van der Waals surface area contributed by atoms with Crippen molar-refractivity contribution < 1.29 is 0 Å². The summed E-state index contributed by atoms with van der Waals surface area (Å²) in [5.74, 6) is 2.08. The number of allylic oxidation sites excluding steroid dienone is 1. The number of amidine groups is 1. The average Bonchev–Trinajstić information content (AvgIpc) is 2.82. The Bertz CT molecular complexity index is 501. The molecule has 0 bridgehead atoms. The Hall–Kier alpha value is -0.440. The lowest BCUT2D eigenvalue weighted by Crippen LogP contribution is -2.48. The van der Waals surface area contributed by atoms with Crippen LogP contribution in [0.25, 0.3) is 0 Å². The van der Waals surface area contributed by atoms with Crippen LogP contribution in [0.5, 0.6) is 0 Å². The molecule has 0 N–H and O–H groups in total. The largest absolute Gasteiger partial charge is 0.333 e. The number of thiol groups is 1. The van der Waals surface area contributed by atoms with Crippen LogP contribution in [0.3, 0.4) is 0 Å². The molecule has 126 valence electrons. The molecule has 0 amide bonds. The summed E-state index contributed by atoms with van der Waals surface area (Å²) >= 11 is 4.60. The van der Waals surface area contributed by atoms with Gasteiger partial charge < -0.3 is 4.90 Å². The Kier molecular flexibility index (Phi) is 4.54. The van der Waals surface area contributed by atoms with Crippen LogP contribution in [0, 0.1) is 16.2 Å². The molecule has 3 heteroatoms. The van der Waals surface area contributed by atoms with Gasteiger partial charge in [0, 0.05) is 23.4 Å². The van der Waals surface area contributed by atoms with Gasteiger partial charge in [-0.3, -0.25) is 4.99 Å². The van der Waals surface area contributed by atoms with Crippen molar-refractivity contribution in [2.45, 2.75) is 74.3 Å². The summed E-state index contributed by atoms with van der Waals surface area (Å²) in [5.41, 5.74) is 3.42. The lowest BCUT2D eigenvalue weighted by molar-refractivity contribution is 0.286. The predicted molar refractivity (Wildman–Crippen MR) is 101 cm³/mol. The first kappa shape index (κ1) is 17.9. The first-order chi connectivity index (χ1) is 9.89. The topological polar surface area (TPSA) is 15.6 Å². The zero-order valence-corrected chi connectivity index (χ0v) is 16.6. The van der Waals surface area contributed by atoms with E-state index >= 15 is 0 Å². The van der Waals surface area contributed by atoms with Gasteiger partial charge in [0.05, 0.1) is 6.04 Å². The lowest BCUT2D eigenvalue weighted by Gasteiger charge is -2.46. The molecule has 0 spiro atoms. The maximum atomic E-state index is 5.32. The van der Waals surface area contributed by atoms with Gasteiger partial charge >= 0.3 is 0 Å². The maximum Gasteiger partial charge on any atom is 0.110 e. The van der Waals surface area contributed by atoms with Crippen LogP contribution in [-0.4, -0.2) is 29.1 Å². The molecule has 2 aliphatic rings. The van der Waals surface area contributed by atoms with E-state index in [0.29, 0.717) is 0 Å². The Labute approximate surface area is 142 Å². The van der Waals surface area contributed by atoms with Gasteiger partial charge in [-0.2, -0.15) is 12.6 Å². The van der Waals surface area contributed by atoms with E-state index in [1.807, 2.05) is 0 Å². The summed E-state index contributed by atoms with van der Waals surface area (Å²) < 4.78 is 0. The minimum absolute atomic E-state index is 0.0195. The monoisotopic (exact) mass is 322 g/mol. The van der Waals surface area contributed by atoms with Gasteiger partial charge in [-0.15, -0.1) is 0 Å². The number of nitrogens with zero attached hydrogens (tertiary/aromatic N) is 2. The minimum Gasteiger partial charge on any atom is -0.333 e. The number of rotatable bonds is 2. The van der Waals surface area contributed by atoms with Crippen molar-refractivity contribution in [1.29, 1.82) is 0 Å². The van der Waals surface area contributed by atoms with Crippen LogP contribution in [0.15, 0.2) is 16.3 Å². The average molecular weight is 323 g/mol. The third kappa shape index (κ3) is 3.11. The minimum atomic E-state index is 0.0195. The van der Waals surface area contributed by atoms with Gasteiger partial charge in [0.2, 0.25) is 0 Å². The van der Waals surface area contributed by atoms with Crippen LogP contribution in [0.2, 0.25) is 0 Å². The third-order valence-corrected chi connectivity index (χ3v) is 5.63. The molecule has 0 radical (unpaired) electrons. The molecule has 2 heterocycles. The standard InChI is InChI=1S/C19H34N2S/c1-17(2,3)14-13-10-9-11-21(13)16(19(7,8)12-22)20-15(14)18(4,5)6/h15,22H,9-12H2,1-8H3. The number of hydrogen-bond donors (Lipinski definition) is 1. The molecule has 2 aliphatic heterocycles. The molecule has 0 saturated carbocycles. The zero-order valence-electron chi connectivity index (χ0n) is 15.7. The predicted octanol–water partition coefficient (Wildman–Crippen LogP) is 5.17. The number of fused-ring (bicyclic) bond motifs is 1. The van der Waals surface area contributed by atoms with Gasteiger partial charge in [-0.05, 0) is 29.2 Å². The van der Waals surface area contributed by atoms with Crippen LogP contribution in [0.1, 0.15) is 68.2 Å². The number of hydrogen-bond acceptors (Lipinski definition) is 3. The zero-order chi connectivity index (χ0) is 16.9. The maximum absolute atomic E-state index is 5.32. The fourth-order valence-electron chi connectivity index (χ4n) is 3.68. The fourth-order valence-corrected chi connectivity index (χ4v) is 3.82. The van der Waals surface area contributed by atoms with E-state index in [1.165, 1.54) is 18.7 Å². The second-order valence-corrected chi connectivity index (χ2v) is 9.95. The van der Waals surface area contributed by atoms with Crippen molar-refractivity contribution >= 4 is 18.5 Å². The first-order valence-corrected chi connectivity index (χ1v) is 9.23. The molecule has 1 unspecified atom stereocenters. The smallest absolute Gasteiger partial charge is 0.110 e. The van der Waals surface area contributed by atoms with E-state index in [1.54, 1.807) is 11.3 Å². The normalized spacial score (nSPS) is 23.8. The Morgan fingerprint density at radius 3 is 2.14 bits per heavy atom. The van der Waals surface area contributed by atoms with Gasteiger partial charge in [-0.1, -0.05) is 55.4 Å². The molecule has 2 nitrogen and oxygen atoms in total. The van der Waals surface area contributed by atoms with E-state index in [0.717, 1.165) is 12.3 Å². The Balaban J connectivity index is 2.64. The van der Waals surface area contributed by atoms with E-state index in [4.69, 9.17) is 4.99 Å². The van der Waals surface area contributed by atoms with E-state index in [2.05, 4.69) is 72.9 Å². The van der Waals surface area contributed by atoms with E-state index in [-0.39, 0.29) is 22.3 Å². The van der Waals surface area contributed by atoms with E-state index < -0.39 is 0 Å². The van der Waals surface area contributed by atoms with Gasteiger partial charge in [0.15, 0.2) is 0 Å². The lowest BCUT2D eigenvalue weighted by atomic mass is 9.70. The van der Waals surface area contributed by atoms with E-state index in [9.17, 15) is 0 Å². The molecule has 0 aromatic heterocycles. The Morgan fingerprint density at radius 2 is 1.68 bits per heavy atom. The van der Waals surface area contributed by atoms with Crippen molar-refractivity contribution in [3.8, 4) is 0 Å². The van der Waals surface area contributed by atoms with Crippen molar-refractivity contribution in [2.75, 3.05) is 12.3 Å². The van der Waals surface area contributed by atoms with Gasteiger partial charge in [-0.25, -0.2) is 0 Å². The highest BCUT2D eigenvalue weighted by molar-refractivity contribution is 7.80. The SMILES string of the molecule is CC(C)(C)C1=C2CCCN2C(C(C)(C)CS)=NC1C(C)(C)C. The van der Waals surface area contributed by atoms with Gasteiger partial charge in [0.25, 0.3) is 0 Å². The highest BCUT2D eigenvalue weighted by Crippen LogP contribution is 2.47. The summed E-state index contributed by atoms with van der Waals surface area (Å²) in [4.78, 5) is 7.83. The summed E-state index contributed by atoms with van der Waals surface area (Å²) in [6.45, 7) is 19.7. The summed E-state index contributed by atoms with van der Waals surface area (Å²) in [6, 6.07) is 0.269. The van der Waals surface area contributed by atoms with Crippen LogP contribution in [-0.2, 0) is 0 Å². The summed E-state index contributed by atoms with van der Waals surface area (Å²) in [6.07, 6.45) is 2.44. The molecule has 1 atom stereocenters. The highest BCUT2D eigenvalue weighted by Gasteiger charge is 2.45. The second-order valence-electron chi connectivity index (χ2n) is 9.63. The summed E-state index contributed by atoms with van der Waals surface area (Å²) in [5, 5.41) is 0.